The first-order chi connectivity index (χ1) is 32.5. The van der Waals surface area contributed by atoms with Crippen LogP contribution in [0.25, 0.3) is 66.1 Å². The van der Waals surface area contributed by atoms with E-state index in [1.165, 1.54) is 55.7 Å². The summed E-state index contributed by atoms with van der Waals surface area (Å²) in [6.45, 7) is 13.9. The number of rotatable bonds is 4. The number of para-hydroxylation sites is 3. The Morgan fingerprint density at radius 2 is 0.955 bits per heavy atom. The Morgan fingerprint density at radius 1 is 0.373 bits per heavy atom. The van der Waals surface area contributed by atoms with Crippen molar-refractivity contribution in [2.75, 3.05) is 9.80 Å². The standard InChI is InChI=1S/C62H49BN2O2/c1-61(2,3)41-28-31-50-52(33-41)64(43-29-26-39(27-30-43)38-16-8-7-9-17-38)54-34-42(62(4,5)6)35-55-59(54)63(50)51-36-49-47-21-11-12-24-56(47)66-58(49)37-53(51)65(55)44-19-14-18-40(32-44)45-22-15-23-48-46-20-10-13-25-57(46)67-60(45)48/h7-37H,1-6H3. The summed E-state index contributed by atoms with van der Waals surface area (Å²) in [4.78, 5) is 5.07. The highest BCUT2D eigenvalue weighted by molar-refractivity contribution is 7.00. The van der Waals surface area contributed by atoms with Gasteiger partial charge in [0.05, 0.1) is 0 Å². The number of furan rings is 2. The predicted molar refractivity (Wildman–Crippen MR) is 283 cm³/mol. The van der Waals surface area contributed by atoms with Gasteiger partial charge >= 0.3 is 0 Å². The number of hydrogen-bond donors (Lipinski definition) is 0. The minimum Gasteiger partial charge on any atom is -0.456 e. The first kappa shape index (κ1) is 39.6. The van der Waals surface area contributed by atoms with Crippen molar-refractivity contribution in [3.63, 3.8) is 0 Å². The Hall–Kier alpha value is -7.76. The number of nitrogens with zero attached hydrogens (tertiary/aromatic N) is 2. The molecule has 67 heavy (non-hydrogen) atoms. The second-order valence-electron chi connectivity index (χ2n) is 20.6. The molecule has 0 radical (unpaired) electrons. The van der Waals surface area contributed by atoms with E-state index in [4.69, 9.17) is 8.83 Å². The van der Waals surface area contributed by atoms with E-state index >= 15 is 0 Å². The fraction of sp³-hybridized carbons (Fsp3) is 0.129. The highest BCUT2D eigenvalue weighted by atomic mass is 16.3. The summed E-state index contributed by atoms with van der Waals surface area (Å²) in [5.41, 5.74) is 21.2. The average molecular weight is 865 g/mol. The molecule has 13 rings (SSSR count). The molecule has 5 heteroatoms. The van der Waals surface area contributed by atoms with Gasteiger partial charge in [-0.1, -0.05) is 169 Å². The maximum Gasteiger partial charge on any atom is 0.252 e. The van der Waals surface area contributed by atoms with Crippen LogP contribution in [0.5, 0.6) is 0 Å². The molecule has 0 fully saturated rings. The molecule has 2 aliphatic rings. The molecule has 4 nitrogen and oxygen atoms in total. The number of anilines is 6. The smallest absolute Gasteiger partial charge is 0.252 e. The van der Waals surface area contributed by atoms with Crippen molar-refractivity contribution >= 4 is 101 Å². The zero-order valence-electron chi connectivity index (χ0n) is 38.7. The molecule has 0 saturated heterocycles. The van der Waals surface area contributed by atoms with E-state index in [0.29, 0.717) is 0 Å². The molecule has 2 aromatic heterocycles. The van der Waals surface area contributed by atoms with Crippen LogP contribution in [0.2, 0.25) is 0 Å². The Balaban J connectivity index is 1.11. The molecule has 0 aliphatic carbocycles. The largest absolute Gasteiger partial charge is 0.456 e. The van der Waals surface area contributed by atoms with Crippen molar-refractivity contribution in [1.29, 1.82) is 0 Å². The van der Waals surface area contributed by atoms with Crippen LogP contribution in [0.3, 0.4) is 0 Å². The van der Waals surface area contributed by atoms with Crippen LogP contribution in [0.1, 0.15) is 52.7 Å². The average Bonchev–Trinajstić information content (AvgIpc) is 3.91. The van der Waals surface area contributed by atoms with E-state index in [1.807, 2.05) is 6.07 Å². The van der Waals surface area contributed by atoms with Crippen molar-refractivity contribution in [2.24, 2.45) is 0 Å². The molecule has 0 saturated carbocycles. The highest BCUT2D eigenvalue weighted by Crippen LogP contribution is 2.49. The van der Waals surface area contributed by atoms with Crippen molar-refractivity contribution in [2.45, 2.75) is 52.4 Å². The van der Waals surface area contributed by atoms with E-state index in [1.54, 1.807) is 0 Å². The zero-order chi connectivity index (χ0) is 45.3. The summed E-state index contributed by atoms with van der Waals surface area (Å²) in [5.74, 6) is 0. The first-order valence-electron chi connectivity index (χ1n) is 23.5. The lowest BCUT2D eigenvalue weighted by Crippen LogP contribution is -2.61. The maximum atomic E-state index is 6.74. The van der Waals surface area contributed by atoms with Gasteiger partial charge in [0.25, 0.3) is 6.71 Å². The fourth-order valence-corrected chi connectivity index (χ4v) is 10.9. The monoisotopic (exact) mass is 864 g/mol. The van der Waals surface area contributed by atoms with E-state index in [9.17, 15) is 0 Å². The number of hydrogen-bond acceptors (Lipinski definition) is 4. The van der Waals surface area contributed by atoms with Crippen LogP contribution < -0.4 is 26.2 Å². The maximum absolute atomic E-state index is 6.74. The van der Waals surface area contributed by atoms with Gasteiger partial charge in [-0.15, -0.1) is 0 Å². The molecular weight excluding hydrogens is 816 g/mol. The quantitative estimate of drug-likeness (QED) is 0.165. The van der Waals surface area contributed by atoms with Gasteiger partial charge in [0, 0.05) is 67.3 Å². The first-order valence-corrected chi connectivity index (χ1v) is 23.5. The van der Waals surface area contributed by atoms with Gasteiger partial charge < -0.3 is 18.6 Å². The predicted octanol–water partition coefficient (Wildman–Crippen LogP) is 15.5. The van der Waals surface area contributed by atoms with Crippen LogP contribution in [0.4, 0.5) is 34.1 Å². The summed E-state index contributed by atoms with van der Waals surface area (Å²) in [6, 6.07) is 69.1. The molecule has 11 aromatic rings. The molecule has 0 unspecified atom stereocenters. The van der Waals surface area contributed by atoms with Gasteiger partial charge in [-0.05, 0) is 110 Å². The van der Waals surface area contributed by atoms with Gasteiger partial charge in [-0.2, -0.15) is 0 Å². The minimum absolute atomic E-state index is 0.0559. The normalized spacial score (nSPS) is 13.4. The SMILES string of the molecule is CC(C)(C)c1ccc2c(c1)N(c1ccc(-c3ccccc3)cc1)c1cc(C(C)(C)C)cc3c1B2c1cc2c(cc1N3c1cccc(-c3cccc4c3oc3ccccc34)c1)oc1ccccc12. The summed E-state index contributed by atoms with van der Waals surface area (Å²) in [7, 11) is 0. The van der Waals surface area contributed by atoms with E-state index < -0.39 is 0 Å². The number of benzene rings is 9. The van der Waals surface area contributed by atoms with Gasteiger partial charge in [-0.25, -0.2) is 0 Å². The Kier molecular flexibility index (Phi) is 8.49. The van der Waals surface area contributed by atoms with Crippen LogP contribution in [0.15, 0.2) is 197 Å². The lowest BCUT2D eigenvalue weighted by molar-refractivity contribution is 0.590. The van der Waals surface area contributed by atoms with Gasteiger partial charge in [0.1, 0.15) is 22.3 Å². The fourth-order valence-electron chi connectivity index (χ4n) is 10.9. The number of fused-ring (bicyclic) bond motifs is 10. The molecule has 0 N–H and O–H groups in total. The van der Waals surface area contributed by atoms with Gasteiger partial charge in [0.2, 0.25) is 0 Å². The summed E-state index contributed by atoms with van der Waals surface area (Å²) >= 11 is 0. The molecule has 0 amide bonds. The Labute approximate surface area is 391 Å². The molecular formula is C62H49BN2O2. The van der Waals surface area contributed by atoms with Crippen LogP contribution in [0, 0.1) is 0 Å². The lowest BCUT2D eigenvalue weighted by Gasteiger charge is -2.45. The van der Waals surface area contributed by atoms with Crippen molar-refractivity contribution in [1.82, 2.24) is 0 Å². The Morgan fingerprint density at radius 3 is 1.69 bits per heavy atom. The summed E-state index contributed by atoms with van der Waals surface area (Å²) in [6.07, 6.45) is 0. The lowest BCUT2D eigenvalue weighted by atomic mass is 9.33. The Bertz CT molecular complexity index is 3790. The molecule has 322 valence electrons. The van der Waals surface area contributed by atoms with E-state index in [0.717, 1.165) is 72.1 Å². The topological polar surface area (TPSA) is 32.8 Å². The molecule has 9 aromatic carbocycles. The second-order valence-corrected chi connectivity index (χ2v) is 20.6. The third kappa shape index (κ3) is 6.14. The molecule has 4 heterocycles. The summed E-state index contributed by atoms with van der Waals surface area (Å²) < 4.78 is 13.4. The van der Waals surface area contributed by atoms with Crippen LogP contribution >= 0.6 is 0 Å². The highest BCUT2D eigenvalue weighted by Gasteiger charge is 2.45. The minimum atomic E-state index is -0.162. The van der Waals surface area contributed by atoms with E-state index in [2.05, 4.69) is 233 Å². The van der Waals surface area contributed by atoms with Crippen LogP contribution in [-0.4, -0.2) is 6.71 Å². The molecule has 0 atom stereocenters. The van der Waals surface area contributed by atoms with E-state index in [-0.39, 0.29) is 17.5 Å². The summed E-state index contributed by atoms with van der Waals surface area (Å²) in [5, 5.41) is 4.50. The van der Waals surface area contributed by atoms with Crippen molar-refractivity contribution in [3.05, 3.63) is 199 Å². The van der Waals surface area contributed by atoms with Gasteiger partial charge in [0.15, 0.2) is 0 Å². The molecule has 0 bridgehead atoms. The third-order valence-electron chi connectivity index (χ3n) is 14.4. The second kappa shape index (κ2) is 14.4. The van der Waals surface area contributed by atoms with Gasteiger partial charge in [-0.3, -0.25) is 0 Å². The third-order valence-corrected chi connectivity index (χ3v) is 14.4. The molecule has 0 spiro atoms. The van der Waals surface area contributed by atoms with Crippen LogP contribution in [-0.2, 0) is 10.8 Å². The zero-order valence-corrected chi connectivity index (χ0v) is 38.7. The van der Waals surface area contributed by atoms with Crippen molar-refractivity contribution in [3.8, 4) is 22.3 Å². The van der Waals surface area contributed by atoms with Crippen molar-refractivity contribution < 1.29 is 8.83 Å². The molecule has 2 aliphatic heterocycles.